The van der Waals surface area contributed by atoms with E-state index in [-0.39, 0.29) is 24.1 Å². The molecule has 6 heterocycles. The summed E-state index contributed by atoms with van der Waals surface area (Å²) in [5.41, 5.74) is 3.39. The van der Waals surface area contributed by atoms with Gasteiger partial charge in [0.25, 0.3) is 5.91 Å². The van der Waals surface area contributed by atoms with Crippen molar-refractivity contribution >= 4 is 28.2 Å². The summed E-state index contributed by atoms with van der Waals surface area (Å²) < 4.78 is 12.9. The fourth-order valence-corrected chi connectivity index (χ4v) is 6.08. The zero-order valence-corrected chi connectivity index (χ0v) is 22.2. The van der Waals surface area contributed by atoms with Crippen molar-refractivity contribution in [2.24, 2.45) is 7.05 Å². The van der Waals surface area contributed by atoms with Crippen LogP contribution < -0.4 is 14.8 Å². The van der Waals surface area contributed by atoms with Crippen LogP contribution in [0.5, 0.6) is 11.8 Å². The highest BCUT2D eigenvalue weighted by Crippen LogP contribution is 2.38. The van der Waals surface area contributed by atoms with Crippen molar-refractivity contribution in [1.29, 1.82) is 0 Å². The van der Waals surface area contributed by atoms with E-state index in [2.05, 4.69) is 30.6 Å². The Labute approximate surface area is 223 Å². The van der Waals surface area contributed by atoms with E-state index in [0.717, 1.165) is 47.8 Å². The number of thiazole rings is 1. The Hall–Kier alpha value is -4.06. The Kier molecular flexibility index (Phi) is 6.40. The molecule has 4 aromatic rings. The molecular formula is C26H28N8O3S. The molecule has 2 aliphatic rings. The first-order chi connectivity index (χ1) is 18.5. The average Bonchev–Trinajstić information content (AvgIpc) is 3.59. The molecule has 2 aliphatic heterocycles. The first-order valence-electron chi connectivity index (χ1n) is 12.5. The fraction of sp³-hybridized carbons (Fsp3) is 0.385. The number of aromatic nitrogens is 6. The molecule has 12 heteroatoms. The Morgan fingerprint density at radius 1 is 1.11 bits per heavy atom. The molecule has 0 radical (unpaired) electrons. The topological polar surface area (TPSA) is 120 Å². The number of methoxy groups -OCH3 is 1. The SMILES string of the molecule is COc1ccc(OC2C[C@H]3CC[C@@H](C2)N3C(=O)c2ccc(Nc3nc(-c4cn(C)nc4C)cs3)nc2)nn1. The van der Waals surface area contributed by atoms with Gasteiger partial charge in [0.1, 0.15) is 11.9 Å². The second-order valence-electron chi connectivity index (χ2n) is 9.62. The lowest BCUT2D eigenvalue weighted by atomic mass is 9.98. The number of hydrogen-bond donors (Lipinski definition) is 1. The summed E-state index contributed by atoms with van der Waals surface area (Å²) >= 11 is 1.50. The van der Waals surface area contributed by atoms with Gasteiger partial charge in [-0.15, -0.1) is 21.5 Å². The number of nitrogens with zero attached hydrogens (tertiary/aromatic N) is 7. The lowest BCUT2D eigenvalue weighted by molar-refractivity contribution is 0.0344. The van der Waals surface area contributed by atoms with E-state index in [4.69, 9.17) is 9.47 Å². The minimum Gasteiger partial charge on any atom is -0.480 e. The second-order valence-corrected chi connectivity index (χ2v) is 10.5. The molecule has 4 aromatic heterocycles. The van der Waals surface area contributed by atoms with Crippen molar-refractivity contribution in [1.82, 2.24) is 34.8 Å². The molecule has 0 aliphatic carbocycles. The number of piperidine rings is 1. The molecule has 1 unspecified atom stereocenters. The zero-order chi connectivity index (χ0) is 26.2. The quantitative estimate of drug-likeness (QED) is 0.376. The van der Waals surface area contributed by atoms with Crippen LogP contribution in [0.3, 0.4) is 0 Å². The van der Waals surface area contributed by atoms with Gasteiger partial charge in [-0.05, 0) is 31.9 Å². The molecular weight excluding hydrogens is 504 g/mol. The largest absolute Gasteiger partial charge is 0.480 e. The number of ether oxygens (including phenoxy) is 2. The molecule has 0 spiro atoms. The van der Waals surface area contributed by atoms with Gasteiger partial charge in [-0.3, -0.25) is 9.48 Å². The fourth-order valence-electron chi connectivity index (χ4n) is 5.36. The van der Waals surface area contributed by atoms with Gasteiger partial charge in [-0.25, -0.2) is 9.97 Å². The van der Waals surface area contributed by atoms with Crippen LogP contribution in [0.2, 0.25) is 0 Å². The van der Waals surface area contributed by atoms with Gasteiger partial charge in [0, 0.05) is 67.4 Å². The summed E-state index contributed by atoms with van der Waals surface area (Å²) in [6, 6.07) is 7.42. The predicted octanol–water partition coefficient (Wildman–Crippen LogP) is 4.00. The highest BCUT2D eigenvalue weighted by molar-refractivity contribution is 7.14. The van der Waals surface area contributed by atoms with Crippen molar-refractivity contribution in [2.45, 2.75) is 50.8 Å². The second kappa shape index (κ2) is 10.0. The molecule has 11 nitrogen and oxygen atoms in total. The van der Waals surface area contributed by atoms with E-state index in [1.807, 2.05) is 42.6 Å². The Morgan fingerprint density at radius 2 is 1.87 bits per heavy atom. The molecule has 2 saturated heterocycles. The molecule has 2 fully saturated rings. The summed E-state index contributed by atoms with van der Waals surface area (Å²) in [4.78, 5) is 24.6. The maximum absolute atomic E-state index is 13.4. The summed E-state index contributed by atoms with van der Waals surface area (Å²) in [6.45, 7) is 1.97. The lowest BCUT2D eigenvalue weighted by Crippen LogP contribution is -2.49. The van der Waals surface area contributed by atoms with E-state index in [1.54, 1.807) is 30.1 Å². The van der Waals surface area contributed by atoms with E-state index in [1.165, 1.54) is 11.3 Å². The third-order valence-electron chi connectivity index (χ3n) is 7.08. The number of nitrogens with one attached hydrogen (secondary N) is 1. The standard InChI is InChI=1S/C26H28N8O3S/c1-15-20(13-33(2)32-15)21-14-38-26(28-21)29-22-7-4-16(12-27-22)25(35)34-17-5-6-18(34)11-19(10-17)37-24-9-8-23(36-3)30-31-24/h4,7-9,12-14,17-19H,5-6,10-11H2,1-3H3,(H,27,28,29)/t17-,18+,19?. The highest BCUT2D eigenvalue weighted by Gasteiger charge is 2.44. The van der Waals surface area contributed by atoms with E-state index >= 15 is 0 Å². The molecule has 6 rings (SSSR count). The van der Waals surface area contributed by atoms with Gasteiger partial charge in [-0.1, -0.05) is 0 Å². The van der Waals surface area contributed by atoms with Gasteiger partial charge in [0.05, 0.1) is 24.1 Å². The number of aryl methyl sites for hydroxylation is 2. The number of fused-ring (bicyclic) bond motifs is 2. The van der Waals surface area contributed by atoms with Crippen molar-refractivity contribution in [3.05, 3.63) is 53.3 Å². The van der Waals surface area contributed by atoms with Crippen LogP contribution in [-0.2, 0) is 7.05 Å². The van der Waals surface area contributed by atoms with Crippen molar-refractivity contribution in [3.63, 3.8) is 0 Å². The lowest BCUT2D eigenvalue weighted by Gasteiger charge is -2.38. The van der Waals surface area contributed by atoms with Gasteiger partial charge < -0.3 is 19.7 Å². The van der Waals surface area contributed by atoms with E-state index < -0.39 is 0 Å². The number of anilines is 2. The monoisotopic (exact) mass is 532 g/mol. The molecule has 0 saturated carbocycles. The van der Waals surface area contributed by atoms with Crippen LogP contribution in [0.1, 0.15) is 41.7 Å². The summed E-state index contributed by atoms with van der Waals surface area (Å²) in [7, 11) is 3.45. The first kappa shape index (κ1) is 24.3. The maximum atomic E-state index is 13.4. The van der Waals surface area contributed by atoms with Crippen LogP contribution in [0, 0.1) is 6.92 Å². The van der Waals surface area contributed by atoms with Crippen LogP contribution in [0.25, 0.3) is 11.3 Å². The number of hydrogen-bond acceptors (Lipinski definition) is 10. The van der Waals surface area contributed by atoms with Gasteiger partial charge in [0.15, 0.2) is 5.13 Å². The summed E-state index contributed by atoms with van der Waals surface area (Å²) in [5, 5.41) is 18.4. The van der Waals surface area contributed by atoms with Crippen LogP contribution in [-0.4, -0.2) is 66.1 Å². The summed E-state index contributed by atoms with van der Waals surface area (Å²) in [5.74, 6) is 1.58. The number of rotatable bonds is 7. The average molecular weight is 533 g/mol. The Morgan fingerprint density at radius 3 is 2.50 bits per heavy atom. The predicted molar refractivity (Wildman–Crippen MR) is 142 cm³/mol. The summed E-state index contributed by atoms with van der Waals surface area (Å²) in [6.07, 6.45) is 7.09. The van der Waals surface area contributed by atoms with E-state index in [0.29, 0.717) is 23.1 Å². The molecule has 0 aromatic carbocycles. The third kappa shape index (κ3) is 4.78. The Bertz CT molecular complexity index is 1420. The van der Waals surface area contributed by atoms with Crippen LogP contribution >= 0.6 is 11.3 Å². The molecule has 1 amide bonds. The third-order valence-corrected chi connectivity index (χ3v) is 7.83. The smallest absolute Gasteiger partial charge is 0.255 e. The van der Waals surface area contributed by atoms with Crippen LogP contribution in [0.4, 0.5) is 10.9 Å². The van der Waals surface area contributed by atoms with Gasteiger partial charge in [-0.2, -0.15) is 5.10 Å². The van der Waals surface area contributed by atoms with Crippen LogP contribution in [0.15, 0.2) is 42.0 Å². The number of amides is 1. The normalized spacial score (nSPS) is 20.4. The molecule has 2 bridgehead atoms. The number of carbonyl (C=O) groups is 1. The molecule has 3 atom stereocenters. The number of pyridine rings is 1. The van der Waals surface area contributed by atoms with Crippen molar-refractivity contribution < 1.29 is 14.3 Å². The Balaban J connectivity index is 1.08. The van der Waals surface area contributed by atoms with E-state index in [9.17, 15) is 4.79 Å². The van der Waals surface area contributed by atoms with Crippen molar-refractivity contribution in [2.75, 3.05) is 12.4 Å². The zero-order valence-electron chi connectivity index (χ0n) is 21.4. The van der Waals surface area contributed by atoms with Gasteiger partial charge in [0.2, 0.25) is 11.8 Å². The first-order valence-corrected chi connectivity index (χ1v) is 13.4. The highest BCUT2D eigenvalue weighted by atomic mass is 32.1. The molecule has 38 heavy (non-hydrogen) atoms. The number of carbonyl (C=O) groups excluding carboxylic acids is 1. The molecule has 196 valence electrons. The van der Waals surface area contributed by atoms with Crippen molar-refractivity contribution in [3.8, 4) is 23.0 Å². The minimum atomic E-state index is 0.00240. The minimum absolute atomic E-state index is 0.00240. The molecule has 1 N–H and O–H groups in total. The van der Waals surface area contributed by atoms with Gasteiger partial charge >= 0.3 is 0 Å². The maximum Gasteiger partial charge on any atom is 0.255 e.